The first-order valence-corrected chi connectivity index (χ1v) is 5.82. The van der Waals surface area contributed by atoms with Crippen LogP contribution in [0.1, 0.15) is 0 Å². The fourth-order valence-electron chi connectivity index (χ4n) is 1.94. The summed E-state index contributed by atoms with van der Waals surface area (Å²) in [6.07, 6.45) is 0. The van der Waals surface area contributed by atoms with Gasteiger partial charge in [-0.25, -0.2) is 0 Å². The Hall–Kier alpha value is -2.20. The maximum atomic E-state index is 6.27. The van der Waals surface area contributed by atoms with Crippen molar-refractivity contribution in [2.45, 2.75) is 0 Å². The number of halogens is 1. The van der Waals surface area contributed by atoms with E-state index in [-0.39, 0.29) is 0 Å². The Bertz CT molecular complexity index is 716. The molecule has 0 atom stereocenters. The van der Waals surface area contributed by atoms with Gasteiger partial charge in [-0.2, -0.15) is 5.10 Å². The van der Waals surface area contributed by atoms with E-state index in [9.17, 15) is 0 Å². The number of aromatic nitrogens is 2. The maximum Gasteiger partial charge on any atom is 0.153 e. The lowest BCUT2D eigenvalue weighted by Gasteiger charge is -2.05. The van der Waals surface area contributed by atoms with Crippen molar-refractivity contribution in [3.05, 3.63) is 41.4 Å². The Kier molecular flexibility index (Phi) is 2.38. The number of nitrogens with one attached hydrogen (secondary N) is 1. The number of H-pyrrole nitrogens is 1. The number of aromatic amines is 1. The standard InChI is InChI=1S/C13H11ClN4/c14-11-6-12-10(13(16)18-17-12)5-9(11)7-1-3-8(15)4-2-7/h1-6H,15H2,(H3,16,17,18). The van der Waals surface area contributed by atoms with Gasteiger partial charge in [0.25, 0.3) is 0 Å². The van der Waals surface area contributed by atoms with Crippen LogP contribution < -0.4 is 11.5 Å². The molecule has 0 amide bonds. The first-order valence-electron chi connectivity index (χ1n) is 5.44. The number of anilines is 2. The summed E-state index contributed by atoms with van der Waals surface area (Å²) in [4.78, 5) is 0. The van der Waals surface area contributed by atoms with Crippen molar-refractivity contribution in [3.8, 4) is 11.1 Å². The molecule has 0 unspecified atom stereocenters. The van der Waals surface area contributed by atoms with Gasteiger partial charge in [-0.3, -0.25) is 5.10 Å². The molecule has 4 nitrogen and oxygen atoms in total. The minimum Gasteiger partial charge on any atom is -0.399 e. The Morgan fingerprint density at radius 2 is 1.78 bits per heavy atom. The van der Waals surface area contributed by atoms with E-state index in [0.717, 1.165) is 27.7 Å². The Morgan fingerprint density at radius 1 is 1.06 bits per heavy atom. The highest BCUT2D eigenvalue weighted by Gasteiger charge is 2.09. The van der Waals surface area contributed by atoms with Gasteiger partial charge >= 0.3 is 0 Å². The number of fused-ring (bicyclic) bond motifs is 1. The van der Waals surface area contributed by atoms with Crippen LogP contribution in [-0.2, 0) is 0 Å². The van der Waals surface area contributed by atoms with Gasteiger partial charge in [0.05, 0.1) is 10.5 Å². The SMILES string of the molecule is Nc1ccc(-c2cc3c(N)n[nH]c3cc2Cl)cc1. The third kappa shape index (κ3) is 1.67. The fraction of sp³-hybridized carbons (Fsp3) is 0. The zero-order valence-electron chi connectivity index (χ0n) is 9.44. The number of nitrogens with zero attached hydrogens (tertiary/aromatic N) is 1. The van der Waals surface area contributed by atoms with Crippen LogP contribution in [0.3, 0.4) is 0 Å². The lowest BCUT2D eigenvalue weighted by atomic mass is 10.0. The second kappa shape index (κ2) is 3.92. The average Bonchev–Trinajstić information content (AvgIpc) is 2.71. The van der Waals surface area contributed by atoms with Gasteiger partial charge in [-0.05, 0) is 29.8 Å². The molecule has 0 saturated heterocycles. The van der Waals surface area contributed by atoms with Crippen LogP contribution >= 0.6 is 11.6 Å². The number of benzene rings is 2. The van der Waals surface area contributed by atoms with Crippen LogP contribution in [0.15, 0.2) is 36.4 Å². The van der Waals surface area contributed by atoms with Gasteiger partial charge in [0.2, 0.25) is 0 Å². The summed E-state index contributed by atoms with van der Waals surface area (Å²) in [6.45, 7) is 0. The topological polar surface area (TPSA) is 80.7 Å². The minimum absolute atomic E-state index is 0.471. The van der Waals surface area contributed by atoms with Gasteiger partial charge in [-0.15, -0.1) is 0 Å². The summed E-state index contributed by atoms with van der Waals surface area (Å²) in [5.41, 5.74) is 14.9. The lowest BCUT2D eigenvalue weighted by molar-refractivity contribution is 1.13. The summed E-state index contributed by atoms with van der Waals surface area (Å²) in [7, 11) is 0. The van der Waals surface area contributed by atoms with E-state index in [1.807, 2.05) is 36.4 Å². The quantitative estimate of drug-likeness (QED) is 0.587. The van der Waals surface area contributed by atoms with E-state index in [4.69, 9.17) is 23.1 Å². The molecular formula is C13H11ClN4. The van der Waals surface area contributed by atoms with Crippen LogP contribution in [0.5, 0.6) is 0 Å². The van der Waals surface area contributed by atoms with Crippen LogP contribution in [0, 0.1) is 0 Å². The molecule has 18 heavy (non-hydrogen) atoms. The van der Waals surface area contributed by atoms with E-state index < -0.39 is 0 Å². The summed E-state index contributed by atoms with van der Waals surface area (Å²) in [5.74, 6) is 0.471. The molecule has 1 aromatic heterocycles. The predicted octanol–water partition coefficient (Wildman–Crippen LogP) is 3.05. The zero-order valence-corrected chi connectivity index (χ0v) is 10.2. The molecule has 0 spiro atoms. The van der Waals surface area contributed by atoms with Gasteiger partial charge in [0.1, 0.15) is 0 Å². The highest BCUT2D eigenvalue weighted by atomic mass is 35.5. The van der Waals surface area contributed by atoms with Crippen LogP contribution in [0.4, 0.5) is 11.5 Å². The van der Waals surface area contributed by atoms with E-state index in [0.29, 0.717) is 10.8 Å². The van der Waals surface area contributed by atoms with Crippen molar-refractivity contribution in [3.63, 3.8) is 0 Å². The van der Waals surface area contributed by atoms with Crippen molar-refractivity contribution in [2.75, 3.05) is 11.5 Å². The van der Waals surface area contributed by atoms with E-state index in [1.54, 1.807) is 0 Å². The van der Waals surface area contributed by atoms with Crippen molar-refractivity contribution in [1.29, 1.82) is 0 Å². The van der Waals surface area contributed by atoms with E-state index >= 15 is 0 Å². The molecule has 2 aromatic carbocycles. The molecule has 0 bridgehead atoms. The van der Waals surface area contributed by atoms with Crippen molar-refractivity contribution < 1.29 is 0 Å². The highest BCUT2D eigenvalue weighted by Crippen LogP contribution is 2.33. The molecule has 0 saturated carbocycles. The van der Waals surface area contributed by atoms with E-state index in [1.165, 1.54) is 0 Å². The number of rotatable bonds is 1. The third-order valence-electron chi connectivity index (χ3n) is 2.90. The third-order valence-corrected chi connectivity index (χ3v) is 3.21. The molecule has 90 valence electrons. The molecule has 0 aliphatic heterocycles. The van der Waals surface area contributed by atoms with Crippen molar-refractivity contribution in [1.82, 2.24) is 10.2 Å². The van der Waals surface area contributed by atoms with Gasteiger partial charge in [0.15, 0.2) is 5.82 Å². The monoisotopic (exact) mass is 258 g/mol. The first kappa shape index (κ1) is 10.9. The summed E-state index contributed by atoms with van der Waals surface area (Å²) < 4.78 is 0. The smallest absolute Gasteiger partial charge is 0.153 e. The summed E-state index contributed by atoms with van der Waals surface area (Å²) in [5, 5.41) is 8.31. The van der Waals surface area contributed by atoms with Crippen LogP contribution in [0.2, 0.25) is 5.02 Å². The predicted molar refractivity (Wildman–Crippen MR) is 75.4 cm³/mol. The second-order valence-electron chi connectivity index (χ2n) is 4.11. The van der Waals surface area contributed by atoms with Gasteiger partial charge in [0, 0.05) is 16.6 Å². The Labute approximate surface area is 109 Å². The molecule has 0 radical (unpaired) electrons. The van der Waals surface area contributed by atoms with Crippen molar-refractivity contribution >= 4 is 34.0 Å². The van der Waals surface area contributed by atoms with Gasteiger partial charge in [-0.1, -0.05) is 23.7 Å². The van der Waals surface area contributed by atoms with E-state index in [2.05, 4.69) is 10.2 Å². The summed E-state index contributed by atoms with van der Waals surface area (Å²) in [6, 6.07) is 11.3. The Balaban J connectivity index is 2.24. The van der Waals surface area contributed by atoms with Gasteiger partial charge < -0.3 is 11.5 Å². The zero-order chi connectivity index (χ0) is 12.7. The molecule has 0 fully saturated rings. The minimum atomic E-state index is 0.471. The molecule has 3 rings (SSSR count). The molecule has 0 aliphatic rings. The highest BCUT2D eigenvalue weighted by molar-refractivity contribution is 6.34. The fourth-order valence-corrected chi connectivity index (χ4v) is 2.22. The molecule has 0 aliphatic carbocycles. The Morgan fingerprint density at radius 3 is 2.50 bits per heavy atom. The number of hydrogen-bond acceptors (Lipinski definition) is 3. The summed E-state index contributed by atoms with van der Waals surface area (Å²) >= 11 is 6.27. The number of nitrogen functional groups attached to an aromatic ring is 2. The van der Waals surface area contributed by atoms with Crippen LogP contribution in [0.25, 0.3) is 22.0 Å². The maximum absolute atomic E-state index is 6.27. The normalized spacial score (nSPS) is 10.9. The van der Waals surface area contributed by atoms with Crippen molar-refractivity contribution in [2.24, 2.45) is 0 Å². The largest absolute Gasteiger partial charge is 0.399 e. The molecule has 5 N–H and O–H groups in total. The number of hydrogen-bond donors (Lipinski definition) is 3. The van der Waals surface area contributed by atoms with Crippen LogP contribution in [-0.4, -0.2) is 10.2 Å². The lowest BCUT2D eigenvalue weighted by Crippen LogP contribution is -1.86. The molecule has 5 heteroatoms. The first-order chi connectivity index (χ1) is 8.65. The average molecular weight is 259 g/mol. The second-order valence-corrected chi connectivity index (χ2v) is 4.52. The molecule has 3 aromatic rings. The molecular weight excluding hydrogens is 248 g/mol. The molecule has 1 heterocycles. The number of nitrogens with two attached hydrogens (primary N) is 2.